The minimum absolute atomic E-state index is 0.0720. The van der Waals surface area contributed by atoms with Crippen molar-refractivity contribution in [1.29, 1.82) is 0 Å². The van der Waals surface area contributed by atoms with E-state index in [1.807, 2.05) is 31.2 Å². The highest BCUT2D eigenvalue weighted by Crippen LogP contribution is 2.27. The molecule has 0 aliphatic carbocycles. The highest BCUT2D eigenvalue weighted by molar-refractivity contribution is 7.99. The molecule has 0 aliphatic heterocycles. The summed E-state index contributed by atoms with van der Waals surface area (Å²) < 4.78 is 0. The van der Waals surface area contributed by atoms with Gasteiger partial charge in [0.15, 0.2) is 0 Å². The molecular formula is C13H13ClN2S. The standard InChI is InChI=1S/C13H13ClN2S/c1-9(15)10-2-5-12(6-3-10)17-13-7-4-11(14)8-16-13/h2-9H,15H2,1H3/t9-/m1/s1. The summed E-state index contributed by atoms with van der Waals surface area (Å²) in [5, 5.41) is 1.59. The van der Waals surface area contributed by atoms with E-state index in [1.165, 1.54) is 0 Å². The molecule has 0 fully saturated rings. The first-order valence-electron chi connectivity index (χ1n) is 5.30. The maximum absolute atomic E-state index is 5.80. The first-order chi connectivity index (χ1) is 8.15. The zero-order chi connectivity index (χ0) is 12.3. The van der Waals surface area contributed by atoms with Crippen LogP contribution in [0.3, 0.4) is 0 Å². The maximum atomic E-state index is 5.80. The number of hydrogen-bond acceptors (Lipinski definition) is 3. The van der Waals surface area contributed by atoms with Crippen LogP contribution >= 0.6 is 23.4 Å². The highest BCUT2D eigenvalue weighted by Gasteiger charge is 2.01. The predicted octanol–water partition coefficient (Wildman–Crippen LogP) is 3.91. The summed E-state index contributed by atoms with van der Waals surface area (Å²) in [4.78, 5) is 5.38. The van der Waals surface area contributed by atoms with E-state index in [1.54, 1.807) is 18.0 Å². The van der Waals surface area contributed by atoms with Gasteiger partial charge in [0.1, 0.15) is 5.03 Å². The lowest BCUT2D eigenvalue weighted by molar-refractivity contribution is 0.817. The van der Waals surface area contributed by atoms with Crippen molar-refractivity contribution in [2.75, 3.05) is 0 Å². The first kappa shape index (κ1) is 12.4. The van der Waals surface area contributed by atoms with E-state index in [0.717, 1.165) is 15.5 Å². The third-order valence-electron chi connectivity index (χ3n) is 2.33. The fraction of sp³-hybridized carbons (Fsp3) is 0.154. The smallest absolute Gasteiger partial charge is 0.101 e. The number of benzene rings is 1. The second-order valence-electron chi connectivity index (χ2n) is 3.77. The van der Waals surface area contributed by atoms with Gasteiger partial charge in [-0.2, -0.15) is 0 Å². The van der Waals surface area contributed by atoms with Crippen molar-refractivity contribution in [2.24, 2.45) is 5.73 Å². The van der Waals surface area contributed by atoms with E-state index in [2.05, 4.69) is 17.1 Å². The van der Waals surface area contributed by atoms with Gasteiger partial charge in [-0.15, -0.1) is 0 Å². The summed E-state index contributed by atoms with van der Waals surface area (Å²) >= 11 is 7.39. The van der Waals surface area contributed by atoms with E-state index in [0.29, 0.717) is 5.02 Å². The Bertz CT molecular complexity index is 480. The summed E-state index contributed by atoms with van der Waals surface area (Å²) in [6.07, 6.45) is 1.65. The molecule has 0 spiro atoms. The molecule has 1 heterocycles. The van der Waals surface area contributed by atoms with Crippen LogP contribution in [0.1, 0.15) is 18.5 Å². The Labute approximate surface area is 110 Å². The van der Waals surface area contributed by atoms with Crippen molar-refractivity contribution < 1.29 is 0 Å². The summed E-state index contributed by atoms with van der Waals surface area (Å²) in [6.45, 7) is 1.98. The third-order valence-corrected chi connectivity index (χ3v) is 3.51. The van der Waals surface area contributed by atoms with Crippen LogP contribution in [-0.4, -0.2) is 4.98 Å². The van der Waals surface area contributed by atoms with Gasteiger partial charge in [0.25, 0.3) is 0 Å². The van der Waals surface area contributed by atoms with Crippen molar-refractivity contribution in [2.45, 2.75) is 22.9 Å². The van der Waals surface area contributed by atoms with E-state index < -0.39 is 0 Å². The minimum atomic E-state index is 0.0720. The fourth-order valence-corrected chi connectivity index (χ4v) is 2.25. The van der Waals surface area contributed by atoms with Crippen molar-refractivity contribution in [3.05, 3.63) is 53.2 Å². The molecule has 1 aromatic heterocycles. The number of nitrogens with two attached hydrogens (primary N) is 1. The predicted molar refractivity (Wildman–Crippen MR) is 72.4 cm³/mol. The summed E-state index contributed by atoms with van der Waals surface area (Å²) in [5.74, 6) is 0. The van der Waals surface area contributed by atoms with Crippen molar-refractivity contribution in [3.63, 3.8) is 0 Å². The molecule has 0 bridgehead atoms. The highest BCUT2D eigenvalue weighted by atomic mass is 35.5. The summed E-state index contributed by atoms with van der Waals surface area (Å²) in [6, 6.07) is 12.0. The quantitative estimate of drug-likeness (QED) is 0.914. The Morgan fingerprint density at radius 1 is 1.18 bits per heavy atom. The number of nitrogens with zero attached hydrogens (tertiary/aromatic N) is 1. The zero-order valence-corrected chi connectivity index (χ0v) is 11.0. The summed E-state index contributed by atoms with van der Waals surface area (Å²) in [7, 11) is 0. The van der Waals surface area contributed by atoms with Gasteiger partial charge >= 0.3 is 0 Å². The second kappa shape index (κ2) is 5.54. The largest absolute Gasteiger partial charge is 0.324 e. The van der Waals surface area contributed by atoms with E-state index in [-0.39, 0.29) is 6.04 Å². The Kier molecular flexibility index (Phi) is 4.05. The molecule has 17 heavy (non-hydrogen) atoms. The Morgan fingerprint density at radius 2 is 1.88 bits per heavy atom. The van der Waals surface area contributed by atoms with Crippen LogP contribution in [-0.2, 0) is 0 Å². The molecule has 0 unspecified atom stereocenters. The lowest BCUT2D eigenvalue weighted by Crippen LogP contribution is -2.04. The Hall–Kier alpha value is -1.03. The van der Waals surface area contributed by atoms with Crippen LogP contribution in [0.2, 0.25) is 5.02 Å². The van der Waals surface area contributed by atoms with Crippen molar-refractivity contribution in [3.8, 4) is 0 Å². The van der Waals surface area contributed by atoms with Crippen LogP contribution in [0.5, 0.6) is 0 Å². The Morgan fingerprint density at radius 3 is 2.41 bits per heavy atom. The van der Waals surface area contributed by atoms with Crippen molar-refractivity contribution in [1.82, 2.24) is 4.98 Å². The topological polar surface area (TPSA) is 38.9 Å². The molecule has 0 aliphatic rings. The molecule has 2 nitrogen and oxygen atoms in total. The van der Waals surface area contributed by atoms with Gasteiger partial charge in [0.05, 0.1) is 5.02 Å². The summed E-state index contributed by atoms with van der Waals surface area (Å²) in [5.41, 5.74) is 6.94. The van der Waals surface area contributed by atoms with E-state index in [4.69, 9.17) is 17.3 Å². The van der Waals surface area contributed by atoms with Crippen LogP contribution < -0.4 is 5.73 Å². The van der Waals surface area contributed by atoms with Crippen LogP contribution in [0.4, 0.5) is 0 Å². The number of halogens is 1. The van der Waals surface area contributed by atoms with Crippen LogP contribution in [0.25, 0.3) is 0 Å². The molecule has 1 aromatic carbocycles. The molecule has 88 valence electrons. The average Bonchev–Trinajstić information content (AvgIpc) is 2.33. The molecule has 2 rings (SSSR count). The monoisotopic (exact) mass is 264 g/mol. The molecular weight excluding hydrogens is 252 g/mol. The minimum Gasteiger partial charge on any atom is -0.324 e. The van der Waals surface area contributed by atoms with Crippen LogP contribution in [0, 0.1) is 0 Å². The van der Waals surface area contributed by atoms with Crippen LogP contribution in [0.15, 0.2) is 52.5 Å². The number of rotatable bonds is 3. The molecule has 0 saturated carbocycles. The van der Waals surface area contributed by atoms with Crippen molar-refractivity contribution >= 4 is 23.4 Å². The van der Waals surface area contributed by atoms with Gasteiger partial charge in [-0.05, 0) is 36.8 Å². The average molecular weight is 265 g/mol. The van der Waals surface area contributed by atoms with Gasteiger partial charge in [0, 0.05) is 17.1 Å². The zero-order valence-electron chi connectivity index (χ0n) is 9.43. The number of pyridine rings is 1. The Balaban J connectivity index is 2.11. The third kappa shape index (κ3) is 3.46. The molecule has 1 atom stereocenters. The SMILES string of the molecule is C[C@@H](N)c1ccc(Sc2ccc(Cl)cn2)cc1. The number of hydrogen-bond donors (Lipinski definition) is 1. The van der Waals surface area contributed by atoms with Gasteiger partial charge in [-0.1, -0.05) is 35.5 Å². The molecule has 2 aromatic rings. The lowest BCUT2D eigenvalue weighted by atomic mass is 10.1. The van der Waals surface area contributed by atoms with Gasteiger partial charge < -0.3 is 5.73 Å². The van der Waals surface area contributed by atoms with E-state index in [9.17, 15) is 0 Å². The first-order valence-corrected chi connectivity index (χ1v) is 6.49. The molecule has 2 N–H and O–H groups in total. The fourth-order valence-electron chi connectivity index (χ4n) is 1.38. The normalized spacial score (nSPS) is 12.4. The molecule has 0 saturated heterocycles. The second-order valence-corrected chi connectivity index (χ2v) is 5.30. The van der Waals surface area contributed by atoms with Gasteiger partial charge in [-0.25, -0.2) is 4.98 Å². The molecule has 0 amide bonds. The lowest BCUT2D eigenvalue weighted by Gasteiger charge is -2.06. The maximum Gasteiger partial charge on any atom is 0.101 e. The van der Waals surface area contributed by atoms with Gasteiger partial charge in [-0.3, -0.25) is 0 Å². The number of aromatic nitrogens is 1. The van der Waals surface area contributed by atoms with Gasteiger partial charge in [0.2, 0.25) is 0 Å². The van der Waals surface area contributed by atoms with E-state index >= 15 is 0 Å². The molecule has 4 heteroatoms. The molecule has 0 radical (unpaired) electrons.